The van der Waals surface area contributed by atoms with E-state index < -0.39 is 20.3 Å². The molecule has 1 rings (SSSR count). The summed E-state index contributed by atoms with van der Waals surface area (Å²) in [5.74, 6) is -0.577. The number of hydrogen-bond acceptors (Lipinski definition) is 4. The van der Waals surface area contributed by atoms with Crippen molar-refractivity contribution >= 4 is 25.7 Å². The minimum absolute atomic E-state index is 0.179. The Hall–Kier alpha value is -0.550. The highest BCUT2D eigenvalue weighted by molar-refractivity contribution is 8.14. The number of carbonyl (C=O) groups excluding carboxylic acids is 1. The maximum absolute atomic E-state index is 11.4. The number of halogens is 1. The van der Waals surface area contributed by atoms with Crippen LogP contribution in [0.2, 0.25) is 0 Å². The fraction of sp³-hybridized carbons (Fsp3) is 0.667. The summed E-state index contributed by atoms with van der Waals surface area (Å²) >= 11 is 0. The van der Waals surface area contributed by atoms with E-state index in [-0.39, 0.29) is 12.2 Å². The molecule has 6 heteroatoms. The predicted octanol–water partition coefficient (Wildman–Crippen LogP) is 1.60. The van der Waals surface area contributed by atoms with Crippen molar-refractivity contribution in [2.75, 3.05) is 6.61 Å². The number of esters is 1. The molecule has 4 nitrogen and oxygen atoms in total. The van der Waals surface area contributed by atoms with E-state index in [1.54, 1.807) is 13.0 Å². The Bertz CT molecular complexity index is 372. The average molecular weight is 253 g/mol. The minimum atomic E-state index is -3.74. The van der Waals surface area contributed by atoms with Gasteiger partial charge in [0.05, 0.1) is 12.2 Å². The van der Waals surface area contributed by atoms with Gasteiger partial charge < -0.3 is 4.74 Å². The van der Waals surface area contributed by atoms with Gasteiger partial charge >= 0.3 is 5.97 Å². The Labute approximate surface area is 93.7 Å². The summed E-state index contributed by atoms with van der Waals surface area (Å²) in [6.45, 7) is 1.90. The second kappa shape index (κ2) is 4.99. The van der Waals surface area contributed by atoms with E-state index in [2.05, 4.69) is 0 Å². The summed E-state index contributed by atoms with van der Waals surface area (Å²) in [6.07, 6.45) is 3.40. The van der Waals surface area contributed by atoms with Crippen molar-refractivity contribution in [2.45, 2.75) is 31.4 Å². The Morgan fingerprint density at radius 1 is 1.67 bits per heavy atom. The Kier molecular flexibility index (Phi) is 4.16. The lowest BCUT2D eigenvalue weighted by Gasteiger charge is -2.19. The van der Waals surface area contributed by atoms with E-state index in [4.69, 9.17) is 15.4 Å². The SMILES string of the molecule is CCOC(=O)C1=CCCCC1S(=O)(=O)Cl. The van der Waals surface area contributed by atoms with Gasteiger partial charge in [-0.25, -0.2) is 13.2 Å². The second-order valence-corrected chi connectivity index (χ2v) is 6.09. The van der Waals surface area contributed by atoms with Gasteiger partial charge in [0, 0.05) is 10.7 Å². The molecular weight excluding hydrogens is 240 g/mol. The lowest BCUT2D eigenvalue weighted by Crippen LogP contribution is -2.27. The molecule has 1 aliphatic carbocycles. The van der Waals surface area contributed by atoms with Gasteiger partial charge in [-0.05, 0) is 26.2 Å². The van der Waals surface area contributed by atoms with Crippen molar-refractivity contribution in [3.63, 3.8) is 0 Å². The van der Waals surface area contributed by atoms with Crippen molar-refractivity contribution in [3.05, 3.63) is 11.6 Å². The molecule has 0 spiro atoms. The van der Waals surface area contributed by atoms with Crippen molar-refractivity contribution in [1.29, 1.82) is 0 Å². The number of allylic oxidation sites excluding steroid dienone is 1. The largest absolute Gasteiger partial charge is 0.463 e. The summed E-state index contributed by atoms with van der Waals surface area (Å²) in [7, 11) is 1.54. The first-order valence-electron chi connectivity index (χ1n) is 4.77. The van der Waals surface area contributed by atoms with Crippen LogP contribution in [0.1, 0.15) is 26.2 Å². The van der Waals surface area contributed by atoms with Gasteiger partial charge in [-0.15, -0.1) is 0 Å². The Morgan fingerprint density at radius 3 is 2.87 bits per heavy atom. The third-order valence-corrected chi connectivity index (χ3v) is 4.05. The Morgan fingerprint density at radius 2 is 2.33 bits per heavy atom. The molecule has 86 valence electrons. The molecule has 0 bridgehead atoms. The van der Waals surface area contributed by atoms with Gasteiger partial charge in [-0.1, -0.05) is 6.08 Å². The first-order valence-corrected chi connectivity index (χ1v) is 7.14. The van der Waals surface area contributed by atoms with Crippen molar-refractivity contribution < 1.29 is 17.9 Å². The first kappa shape index (κ1) is 12.5. The van der Waals surface area contributed by atoms with E-state index in [9.17, 15) is 13.2 Å². The Balaban J connectivity index is 2.93. The van der Waals surface area contributed by atoms with Crippen LogP contribution in [0, 0.1) is 0 Å². The van der Waals surface area contributed by atoms with Crippen molar-refractivity contribution in [1.82, 2.24) is 0 Å². The number of ether oxygens (including phenoxy) is 1. The lowest BCUT2D eigenvalue weighted by molar-refractivity contribution is -0.138. The molecule has 0 fully saturated rings. The van der Waals surface area contributed by atoms with Gasteiger partial charge in [0.15, 0.2) is 0 Å². The van der Waals surface area contributed by atoms with Crippen LogP contribution in [-0.4, -0.2) is 26.2 Å². The number of carbonyl (C=O) groups is 1. The van der Waals surface area contributed by atoms with Gasteiger partial charge in [-0.3, -0.25) is 0 Å². The highest BCUT2D eigenvalue weighted by Gasteiger charge is 2.33. The molecule has 0 aromatic rings. The van der Waals surface area contributed by atoms with E-state index in [0.29, 0.717) is 12.8 Å². The predicted molar refractivity (Wildman–Crippen MR) is 57.1 cm³/mol. The van der Waals surface area contributed by atoms with Crippen molar-refractivity contribution in [2.24, 2.45) is 0 Å². The van der Waals surface area contributed by atoms with Crippen molar-refractivity contribution in [3.8, 4) is 0 Å². The molecule has 0 radical (unpaired) electrons. The normalized spacial score (nSPS) is 22.0. The highest BCUT2D eigenvalue weighted by Crippen LogP contribution is 2.27. The van der Waals surface area contributed by atoms with E-state index in [0.717, 1.165) is 6.42 Å². The number of hydrogen-bond donors (Lipinski definition) is 0. The zero-order valence-electron chi connectivity index (χ0n) is 8.40. The van der Waals surface area contributed by atoms with E-state index >= 15 is 0 Å². The molecule has 1 atom stereocenters. The zero-order chi connectivity index (χ0) is 11.5. The summed E-state index contributed by atoms with van der Waals surface area (Å²) in [6, 6.07) is 0. The van der Waals surface area contributed by atoms with Crippen LogP contribution in [0.5, 0.6) is 0 Å². The molecule has 0 N–H and O–H groups in total. The molecule has 0 amide bonds. The third kappa shape index (κ3) is 3.21. The van der Waals surface area contributed by atoms with Gasteiger partial charge in [0.25, 0.3) is 0 Å². The highest BCUT2D eigenvalue weighted by atomic mass is 35.7. The van der Waals surface area contributed by atoms with Gasteiger partial charge in [0.2, 0.25) is 9.05 Å². The van der Waals surface area contributed by atoms with Crippen LogP contribution in [0.25, 0.3) is 0 Å². The van der Waals surface area contributed by atoms with Crippen LogP contribution in [0.4, 0.5) is 0 Å². The lowest BCUT2D eigenvalue weighted by atomic mass is 9.99. The van der Waals surface area contributed by atoms with Crippen LogP contribution >= 0.6 is 10.7 Å². The zero-order valence-corrected chi connectivity index (χ0v) is 9.97. The summed E-state index contributed by atoms with van der Waals surface area (Å²) in [5.41, 5.74) is 0.179. The van der Waals surface area contributed by atoms with Crippen LogP contribution in [0.3, 0.4) is 0 Å². The summed E-state index contributed by atoms with van der Waals surface area (Å²) in [4.78, 5) is 11.4. The smallest absolute Gasteiger partial charge is 0.335 e. The van der Waals surface area contributed by atoms with Crippen LogP contribution in [0.15, 0.2) is 11.6 Å². The van der Waals surface area contributed by atoms with Crippen LogP contribution < -0.4 is 0 Å². The van der Waals surface area contributed by atoms with Gasteiger partial charge in [0.1, 0.15) is 5.25 Å². The molecule has 0 heterocycles. The first-order chi connectivity index (χ1) is 6.96. The molecule has 0 aromatic heterocycles. The summed E-state index contributed by atoms with van der Waals surface area (Å²) < 4.78 is 27.2. The molecular formula is C9H13ClO4S. The quantitative estimate of drug-likeness (QED) is 0.565. The topological polar surface area (TPSA) is 60.4 Å². The minimum Gasteiger partial charge on any atom is -0.463 e. The van der Waals surface area contributed by atoms with E-state index in [1.165, 1.54) is 0 Å². The van der Waals surface area contributed by atoms with Gasteiger partial charge in [-0.2, -0.15) is 0 Å². The molecule has 0 aliphatic heterocycles. The molecule has 0 aromatic carbocycles. The molecule has 1 aliphatic rings. The second-order valence-electron chi connectivity index (χ2n) is 3.28. The fourth-order valence-electron chi connectivity index (χ4n) is 1.57. The van der Waals surface area contributed by atoms with Crippen LogP contribution in [-0.2, 0) is 18.6 Å². The average Bonchev–Trinajstić information content (AvgIpc) is 2.17. The summed E-state index contributed by atoms with van der Waals surface area (Å²) in [5, 5.41) is -0.910. The fourth-order valence-corrected chi connectivity index (χ4v) is 3.07. The maximum atomic E-state index is 11.4. The maximum Gasteiger partial charge on any atom is 0.335 e. The number of rotatable bonds is 3. The van der Waals surface area contributed by atoms with E-state index in [1.807, 2.05) is 0 Å². The molecule has 15 heavy (non-hydrogen) atoms. The molecule has 0 saturated heterocycles. The standard InChI is InChI=1S/C9H13ClO4S/c1-2-14-9(11)7-5-3-4-6-8(7)15(10,12)13/h5,8H,2-4,6H2,1H3. The monoisotopic (exact) mass is 252 g/mol. The molecule has 0 saturated carbocycles. The third-order valence-electron chi connectivity index (χ3n) is 2.23. The molecule has 1 unspecified atom stereocenters.